The third-order valence-corrected chi connectivity index (χ3v) is 2.79. The smallest absolute Gasteiger partial charge is 0.308 e. The number of aromatic nitrogens is 3. The third-order valence-electron chi connectivity index (χ3n) is 2.79. The van der Waals surface area contributed by atoms with Crippen molar-refractivity contribution in [2.75, 3.05) is 6.54 Å². The van der Waals surface area contributed by atoms with Crippen LogP contribution in [0.4, 0.5) is 4.39 Å². The van der Waals surface area contributed by atoms with Gasteiger partial charge in [0.15, 0.2) is 0 Å². The van der Waals surface area contributed by atoms with Gasteiger partial charge in [-0.15, -0.1) is 5.10 Å². The van der Waals surface area contributed by atoms with Crippen LogP contribution in [0.15, 0.2) is 29.1 Å². The molecule has 17 heavy (non-hydrogen) atoms. The second-order valence-corrected chi connectivity index (χ2v) is 3.92. The van der Waals surface area contributed by atoms with Gasteiger partial charge in [-0.2, -0.15) is 4.68 Å². The van der Waals surface area contributed by atoms with Gasteiger partial charge in [0.2, 0.25) is 0 Å². The number of fused-ring (bicyclic) bond motifs is 1. The Morgan fingerprint density at radius 1 is 1.41 bits per heavy atom. The lowest BCUT2D eigenvalue weighted by Gasteiger charge is -2.11. The molecule has 0 unspecified atom stereocenters. The maximum absolute atomic E-state index is 13.1. The second kappa shape index (κ2) is 3.81. The highest BCUT2D eigenvalue weighted by atomic mass is 19.1. The van der Waals surface area contributed by atoms with Gasteiger partial charge in [0, 0.05) is 13.1 Å². The van der Waals surface area contributed by atoms with Gasteiger partial charge < -0.3 is 5.32 Å². The lowest BCUT2D eigenvalue weighted by Crippen LogP contribution is -2.34. The van der Waals surface area contributed by atoms with E-state index in [0.29, 0.717) is 24.6 Å². The molecular weight excluding hydrogens is 223 g/mol. The van der Waals surface area contributed by atoms with Crippen LogP contribution in [0, 0.1) is 5.82 Å². The standard InChI is InChI=1S/C11H11FN4O/c12-8-2-1-3-9(6-8)16-11(17)15-5-4-13-7-10(15)14-16/h1-3,6,13H,4-5,7H2. The number of hydrogen-bond acceptors (Lipinski definition) is 3. The topological polar surface area (TPSA) is 51.9 Å². The van der Waals surface area contributed by atoms with Gasteiger partial charge in [0.05, 0.1) is 12.2 Å². The van der Waals surface area contributed by atoms with Crippen LogP contribution in [0.5, 0.6) is 0 Å². The first-order valence-electron chi connectivity index (χ1n) is 5.41. The minimum absolute atomic E-state index is 0.216. The highest BCUT2D eigenvalue weighted by molar-refractivity contribution is 5.30. The maximum Gasteiger partial charge on any atom is 0.350 e. The second-order valence-electron chi connectivity index (χ2n) is 3.92. The van der Waals surface area contributed by atoms with Crippen molar-refractivity contribution in [1.82, 2.24) is 19.7 Å². The first-order valence-corrected chi connectivity index (χ1v) is 5.41. The minimum Gasteiger partial charge on any atom is -0.308 e. The van der Waals surface area contributed by atoms with E-state index in [0.717, 1.165) is 6.54 Å². The summed E-state index contributed by atoms with van der Waals surface area (Å²) in [7, 11) is 0. The zero-order valence-electron chi connectivity index (χ0n) is 9.06. The fraction of sp³-hybridized carbons (Fsp3) is 0.273. The third kappa shape index (κ3) is 1.66. The molecule has 3 rings (SSSR count). The van der Waals surface area contributed by atoms with Crippen LogP contribution in [-0.2, 0) is 13.1 Å². The summed E-state index contributed by atoms with van der Waals surface area (Å²) in [6.45, 7) is 1.92. The minimum atomic E-state index is -0.376. The van der Waals surface area contributed by atoms with Gasteiger partial charge in [-0.1, -0.05) is 6.07 Å². The van der Waals surface area contributed by atoms with Crippen molar-refractivity contribution in [2.24, 2.45) is 0 Å². The molecule has 0 aliphatic carbocycles. The van der Waals surface area contributed by atoms with E-state index >= 15 is 0 Å². The summed E-state index contributed by atoms with van der Waals surface area (Å²) in [5.74, 6) is 0.309. The molecule has 1 aromatic heterocycles. The van der Waals surface area contributed by atoms with Gasteiger partial charge in [0.25, 0.3) is 0 Å². The lowest BCUT2D eigenvalue weighted by molar-refractivity contribution is 0.497. The predicted molar refractivity (Wildman–Crippen MR) is 59.5 cm³/mol. The highest BCUT2D eigenvalue weighted by Gasteiger charge is 2.17. The molecule has 5 nitrogen and oxygen atoms in total. The molecular formula is C11H11FN4O. The molecule has 0 amide bonds. The summed E-state index contributed by atoms with van der Waals surface area (Å²) in [6, 6.07) is 5.87. The Balaban J connectivity index is 2.16. The van der Waals surface area contributed by atoms with Gasteiger partial charge in [-0.25, -0.2) is 9.18 Å². The van der Waals surface area contributed by atoms with Crippen LogP contribution in [-0.4, -0.2) is 20.9 Å². The maximum atomic E-state index is 13.1. The Hall–Kier alpha value is -1.95. The Labute approximate surface area is 96.5 Å². The van der Waals surface area contributed by atoms with Gasteiger partial charge >= 0.3 is 5.69 Å². The van der Waals surface area contributed by atoms with E-state index in [1.165, 1.54) is 16.8 Å². The number of nitrogens with one attached hydrogen (secondary N) is 1. The van der Waals surface area contributed by atoms with Crippen LogP contribution in [0.25, 0.3) is 5.69 Å². The Bertz CT molecular complexity index is 616. The number of rotatable bonds is 1. The van der Waals surface area contributed by atoms with Crippen molar-refractivity contribution in [2.45, 2.75) is 13.1 Å². The first-order chi connectivity index (χ1) is 8.25. The predicted octanol–water partition coefficient (Wildman–Crippen LogP) is 0.276. The Kier molecular flexibility index (Phi) is 2.29. The van der Waals surface area contributed by atoms with Crippen molar-refractivity contribution in [3.05, 3.63) is 46.4 Å². The fourth-order valence-electron chi connectivity index (χ4n) is 1.96. The normalized spacial score (nSPS) is 14.6. The van der Waals surface area contributed by atoms with E-state index in [9.17, 15) is 9.18 Å². The molecule has 0 spiro atoms. The molecule has 1 aromatic carbocycles. The summed E-state index contributed by atoms with van der Waals surface area (Å²) in [6.07, 6.45) is 0. The van der Waals surface area contributed by atoms with E-state index in [1.54, 1.807) is 16.7 Å². The molecule has 0 atom stereocenters. The number of benzene rings is 1. The SMILES string of the molecule is O=c1n(-c2cccc(F)c2)nc2n1CCNC2. The molecule has 2 aromatic rings. The van der Waals surface area contributed by atoms with Crippen molar-refractivity contribution in [3.8, 4) is 5.69 Å². The monoisotopic (exact) mass is 234 g/mol. The molecule has 6 heteroatoms. The van der Waals surface area contributed by atoms with E-state index in [2.05, 4.69) is 10.4 Å². The van der Waals surface area contributed by atoms with Crippen molar-refractivity contribution >= 4 is 0 Å². The molecule has 0 saturated heterocycles. The summed E-state index contributed by atoms with van der Waals surface area (Å²) < 4.78 is 16.0. The van der Waals surface area contributed by atoms with Crippen molar-refractivity contribution < 1.29 is 4.39 Å². The molecule has 0 fully saturated rings. The van der Waals surface area contributed by atoms with E-state index in [1.807, 2.05) is 0 Å². The Morgan fingerprint density at radius 2 is 2.29 bits per heavy atom. The lowest BCUT2D eigenvalue weighted by atomic mass is 10.3. The molecule has 1 aliphatic heterocycles. The summed E-state index contributed by atoms with van der Waals surface area (Å²) in [4.78, 5) is 12.0. The van der Waals surface area contributed by atoms with Gasteiger partial charge in [-0.3, -0.25) is 4.57 Å². The summed E-state index contributed by atoms with van der Waals surface area (Å²) in [5, 5.41) is 7.33. The van der Waals surface area contributed by atoms with Crippen LogP contribution in [0.1, 0.15) is 5.82 Å². The van der Waals surface area contributed by atoms with Crippen LogP contribution < -0.4 is 11.0 Å². The van der Waals surface area contributed by atoms with Crippen LogP contribution in [0.2, 0.25) is 0 Å². The molecule has 0 bridgehead atoms. The van der Waals surface area contributed by atoms with Crippen LogP contribution in [0.3, 0.4) is 0 Å². The van der Waals surface area contributed by atoms with E-state index in [-0.39, 0.29) is 11.5 Å². The van der Waals surface area contributed by atoms with Crippen molar-refractivity contribution in [3.63, 3.8) is 0 Å². The number of nitrogens with zero attached hydrogens (tertiary/aromatic N) is 3. The highest BCUT2D eigenvalue weighted by Crippen LogP contribution is 2.08. The fourth-order valence-corrected chi connectivity index (χ4v) is 1.96. The average molecular weight is 234 g/mol. The average Bonchev–Trinajstić information content (AvgIpc) is 2.68. The largest absolute Gasteiger partial charge is 0.350 e. The molecule has 88 valence electrons. The van der Waals surface area contributed by atoms with Gasteiger partial charge in [0.1, 0.15) is 11.6 Å². The zero-order valence-corrected chi connectivity index (χ0v) is 9.06. The Morgan fingerprint density at radius 3 is 3.06 bits per heavy atom. The summed E-state index contributed by atoms with van der Waals surface area (Å²) >= 11 is 0. The van der Waals surface area contributed by atoms with Gasteiger partial charge in [-0.05, 0) is 18.2 Å². The molecule has 1 N–H and O–H groups in total. The molecule has 0 saturated carbocycles. The molecule has 1 aliphatic rings. The van der Waals surface area contributed by atoms with E-state index < -0.39 is 0 Å². The van der Waals surface area contributed by atoms with Crippen molar-refractivity contribution in [1.29, 1.82) is 0 Å². The zero-order chi connectivity index (χ0) is 11.8. The summed E-state index contributed by atoms with van der Waals surface area (Å²) in [5.41, 5.74) is 0.240. The first kappa shape index (κ1) is 10.2. The van der Waals surface area contributed by atoms with E-state index in [4.69, 9.17) is 0 Å². The molecule has 0 radical (unpaired) electrons. The number of hydrogen-bond donors (Lipinski definition) is 1. The number of halogens is 1. The quantitative estimate of drug-likeness (QED) is 0.771. The van der Waals surface area contributed by atoms with Crippen LogP contribution >= 0.6 is 0 Å². The molecule has 2 heterocycles.